The van der Waals surface area contributed by atoms with Crippen LogP contribution in [0.5, 0.6) is 0 Å². The number of anilines is 1. The van der Waals surface area contributed by atoms with Crippen LogP contribution < -0.4 is 5.32 Å². The van der Waals surface area contributed by atoms with Gasteiger partial charge in [-0.3, -0.25) is 9.89 Å². The summed E-state index contributed by atoms with van der Waals surface area (Å²) in [6.07, 6.45) is 0. The van der Waals surface area contributed by atoms with Gasteiger partial charge in [-0.15, -0.1) is 5.10 Å². The highest BCUT2D eigenvalue weighted by Gasteiger charge is 2.24. The number of carbonyl (C=O) groups excluding carboxylic acids is 1. The second-order valence-electron chi connectivity index (χ2n) is 6.24. The number of carbonyl (C=O) groups is 1. The molecule has 0 aliphatic rings. The molecule has 0 aliphatic heterocycles. The summed E-state index contributed by atoms with van der Waals surface area (Å²) in [6.45, 7) is 0. The lowest BCUT2D eigenvalue weighted by molar-refractivity contribution is -0.115. The summed E-state index contributed by atoms with van der Waals surface area (Å²) < 4.78 is 13.1. The molecule has 0 radical (unpaired) electrons. The van der Waals surface area contributed by atoms with E-state index >= 15 is 0 Å². The zero-order valence-corrected chi connectivity index (χ0v) is 16.1. The predicted molar refractivity (Wildman–Crippen MR) is 112 cm³/mol. The fourth-order valence-corrected chi connectivity index (χ4v) is 3.68. The Balaban J connectivity index is 1.57. The summed E-state index contributed by atoms with van der Waals surface area (Å²) in [7, 11) is 0. The lowest BCUT2D eigenvalue weighted by atomic mass is 10.1. The van der Waals surface area contributed by atoms with Gasteiger partial charge in [0.2, 0.25) is 11.1 Å². The molecule has 0 saturated heterocycles. The van der Waals surface area contributed by atoms with Crippen molar-refractivity contribution in [2.24, 2.45) is 0 Å². The van der Waals surface area contributed by atoms with Crippen LogP contribution in [0.1, 0.15) is 10.8 Å². The van der Waals surface area contributed by atoms with Crippen molar-refractivity contribution in [1.29, 1.82) is 0 Å². The third kappa shape index (κ3) is 4.70. The van der Waals surface area contributed by atoms with Gasteiger partial charge in [0.05, 0.1) is 0 Å². The Morgan fingerprint density at radius 1 is 0.931 bits per heavy atom. The Morgan fingerprint density at radius 2 is 1.59 bits per heavy atom. The fraction of sp³-hybridized carbons (Fsp3) is 0.0455. The number of hydrogen-bond acceptors (Lipinski definition) is 4. The van der Waals surface area contributed by atoms with Crippen molar-refractivity contribution in [3.05, 3.63) is 96.3 Å². The Hall–Kier alpha value is -3.45. The molecule has 0 unspecified atom stereocenters. The maximum Gasteiger partial charge on any atom is 0.242 e. The Morgan fingerprint density at radius 3 is 2.28 bits per heavy atom. The largest absolute Gasteiger partial charge is 0.325 e. The molecular weight excluding hydrogens is 387 g/mol. The summed E-state index contributed by atoms with van der Waals surface area (Å²) in [5.74, 6) is 0.0453. The van der Waals surface area contributed by atoms with Crippen molar-refractivity contribution in [2.75, 3.05) is 5.32 Å². The minimum absolute atomic E-state index is 0.237. The molecule has 0 fully saturated rings. The first-order valence-electron chi connectivity index (χ1n) is 8.95. The number of H-pyrrole nitrogens is 1. The van der Waals surface area contributed by atoms with E-state index in [0.717, 1.165) is 11.1 Å². The summed E-state index contributed by atoms with van der Waals surface area (Å²) in [5.41, 5.74) is 2.26. The third-order valence-electron chi connectivity index (χ3n) is 4.19. The zero-order chi connectivity index (χ0) is 20.1. The van der Waals surface area contributed by atoms with Crippen LogP contribution in [0.2, 0.25) is 0 Å². The number of thioether (sulfide) groups is 1. The minimum atomic E-state index is -0.569. The molecule has 0 spiro atoms. The van der Waals surface area contributed by atoms with Gasteiger partial charge in [0.15, 0.2) is 5.82 Å². The number of hydrogen-bond donors (Lipinski definition) is 2. The molecule has 29 heavy (non-hydrogen) atoms. The summed E-state index contributed by atoms with van der Waals surface area (Å²) >= 11 is 1.25. The maximum atomic E-state index is 13.1. The summed E-state index contributed by atoms with van der Waals surface area (Å²) in [5, 5.41) is 9.90. The molecule has 4 aromatic rings. The van der Waals surface area contributed by atoms with Crippen molar-refractivity contribution >= 4 is 23.4 Å². The first kappa shape index (κ1) is 18.9. The molecular formula is C22H17FN4OS. The molecule has 7 heteroatoms. The molecule has 4 rings (SSSR count). The summed E-state index contributed by atoms with van der Waals surface area (Å²) in [6, 6.07) is 24.7. The lowest BCUT2D eigenvalue weighted by Crippen LogP contribution is -2.19. The van der Waals surface area contributed by atoms with Crippen LogP contribution in [0.3, 0.4) is 0 Å². The number of aromatic nitrogens is 3. The van der Waals surface area contributed by atoms with E-state index in [0.29, 0.717) is 16.7 Å². The van der Waals surface area contributed by atoms with E-state index in [1.165, 1.54) is 36.0 Å². The molecule has 144 valence electrons. The van der Waals surface area contributed by atoms with Gasteiger partial charge in [-0.05, 0) is 29.8 Å². The van der Waals surface area contributed by atoms with Gasteiger partial charge in [0.1, 0.15) is 11.1 Å². The Labute approximate surface area is 171 Å². The smallest absolute Gasteiger partial charge is 0.242 e. The van der Waals surface area contributed by atoms with Crippen molar-refractivity contribution in [2.45, 2.75) is 10.4 Å². The van der Waals surface area contributed by atoms with E-state index in [2.05, 4.69) is 20.5 Å². The van der Waals surface area contributed by atoms with E-state index < -0.39 is 5.25 Å². The van der Waals surface area contributed by atoms with Crippen molar-refractivity contribution in [1.82, 2.24) is 15.2 Å². The maximum absolute atomic E-state index is 13.1. The first-order valence-corrected chi connectivity index (χ1v) is 9.83. The average molecular weight is 404 g/mol. The van der Waals surface area contributed by atoms with Crippen molar-refractivity contribution in [3.63, 3.8) is 0 Å². The topological polar surface area (TPSA) is 70.7 Å². The number of amides is 1. The highest BCUT2D eigenvalue weighted by atomic mass is 32.2. The average Bonchev–Trinajstić information content (AvgIpc) is 3.24. The van der Waals surface area contributed by atoms with Gasteiger partial charge in [-0.2, -0.15) is 0 Å². The zero-order valence-electron chi connectivity index (χ0n) is 15.2. The minimum Gasteiger partial charge on any atom is -0.325 e. The molecule has 1 amide bonds. The Kier molecular flexibility index (Phi) is 5.67. The van der Waals surface area contributed by atoms with Gasteiger partial charge in [-0.25, -0.2) is 9.37 Å². The van der Waals surface area contributed by atoms with Crippen LogP contribution in [0, 0.1) is 5.82 Å². The number of nitrogens with one attached hydrogen (secondary N) is 2. The lowest BCUT2D eigenvalue weighted by Gasteiger charge is -2.15. The molecule has 3 aromatic carbocycles. The number of nitrogens with zero attached hydrogens (tertiary/aromatic N) is 2. The SMILES string of the molecule is O=C(Nc1ccc(F)cc1)[C@@H](Sc1n[nH]c(-c2ccccc2)n1)c1ccccc1. The number of aromatic amines is 1. The monoisotopic (exact) mass is 404 g/mol. The van der Waals surface area contributed by atoms with E-state index in [1.807, 2.05) is 60.7 Å². The van der Waals surface area contributed by atoms with Gasteiger partial charge in [0, 0.05) is 11.3 Å². The van der Waals surface area contributed by atoms with E-state index in [1.54, 1.807) is 0 Å². The Bertz CT molecular complexity index is 1080. The molecule has 1 aromatic heterocycles. The molecule has 0 aliphatic carbocycles. The van der Waals surface area contributed by atoms with Crippen molar-refractivity contribution in [3.8, 4) is 11.4 Å². The van der Waals surface area contributed by atoms with E-state index in [4.69, 9.17) is 0 Å². The fourth-order valence-electron chi connectivity index (χ4n) is 2.77. The molecule has 1 atom stereocenters. The number of benzene rings is 3. The van der Waals surface area contributed by atoms with Crippen LogP contribution >= 0.6 is 11.8 Å². The third-order valence-corrected chi connectivity index (χ3v) is 5.30. The first-order chi connectivity index (χ1) is 14.2. The quantitative estimate of drug-likeness (QED) is 0.440. The molecule has 0 bridgehead atoms. The van der Waals surface area contributed by atoms with Crippen LogP contribution in [-0.4, -0.2) is 21.1 Å². The predicted octanol–water partition coefficient (Wildman–Crippen LogP) is 5.08. The van der Waals surface area contributed by atoms with Gasteiger partial charge < -0.3 is 5.32 Å². The molecule has 1 heterocycles. The molecule has 2 N–H and O–H groups in total. The number of rotatable bonds is 6. The van der Waals surface area contributed by atoms with Crippen LogP contribution in [0.15, 0.2) is 90.1 Å². The highest BCUT2D eigenvalue weighted by Crippen LogP contribution is 2.35. The normalized spacial score (nSPS) is 11.8. The van der Waals surface area contributed by atoms with Crippen molar-refractivity contribution < 1.29 is 9.18 Å². The molecule has 0 saturated carbocycles. The molecule has 5 nitrogen and oxygen atoms in total. The van der Waals surface area contributed by atoms with Crippen LogP contribution in [-0.2, 0) is 4.79 Å². The number of halogens is 1. The van der Waals surface area contributed by atoms with Gasteiger partial charge in [0.25, 0.3) is 0 Å². The standard InChI is InChI=1S/C22H17FN4OS/c23-17-11-13-18(14-12-17)24-21(28)19(15-7-3-1-4-8-15)29-22-25-20(26-27-22)16-9-5-2-6-10-16/h1-14,19H,(H,24,28)(H,25,26,27)/t19-/m0/s1. The van der Waals surface area contributed by atoms with E-state index in [-0.39, 0.29) is 11.7 Å². The van der Waals surface area contributed by atoms with Crippen LogP contribution in [0.25, 0.3) is 11.4 Å². The second kappa shape index (κ2) is 8.70. The summed E-state index contributed by atoms with van der Waals surface area (Å²) in [4.78, 5) is 17.5. The highest BCUT2D eigenvalue weighted by molar-refractivity contribution is 8.00. The van der Waals surface area contributed by atoms with Crippen LogP contribution in [0.4, 0.5) is 10.1 Å². The van der Waals surface area contributed by atoms with Gasteiger partial charge >= 0.3 is 0 Å². The second-order valence-corrected chi connectivity index (χ2v) is 7.31. The van der Waals surface area contributed by atoms with Gasteiger partial charge in [-0.1, -0.05) is 72.4 Å². The van der Waals surface area contributed by atoms with E-state index in [9.17, 15) is 9.18 Å².